The van der Waals surface area contributed by atoms with Crippen LogP contribution in [0.5, 0.6) is 5.75 Å². The summed E-state index contributed by atoms with van der Waals surface area (Å²) >= 11 is 0. The molecule has 6 rings (SSSR count). The van der Waals surface area contributed by atoms with Crippen molar-refractivity contribution in [2.24, 2.45) is 11.8 Å². The molecule has 38 heavy (non-hydrogen) atoms. The van der Waals surface area contributed by atoms with Crippen LogP contribution >= 0.6 is 0 Å². The number of fused-ring (bicyclic) bond motifs is 2. The molecule has 0 aromatic heterocycles. The molecule has 2 fully saturated rings. The molecule has 8 nitrogen and oxygen atoms in total. The van der Waals surface area contributed by atoms with E-state index in [1.807, 2.05) is 46.2 Å². The predicted molar refractivity (Wildman–Crippen MR) is 141 cm³/mol. The largest absolute Gasteiger partial charge is 0.489 e. The Morgan fingerprint density at radius 2 is 1.79 bits per heavy atom. The minimum Gasteiger partial charge on any atom is -0.489 e. The van der Waals surface area contributed by atoms with Crippen molar-refractivity contribution in [3.8, 4) is 5.75 Å². The van der Waals surface area contributed by atoms with E-state index in [1.165, 1.54) is 0 Å². The van der Waals surface area contributed by atoms with Crippen molar-refractivity contribution >= 4 is 17.8 Å². The lowest BCUT2D eigenvalue weighted by Gasteiger charge is -2.43. The maximum absolute atomic E-state index is 14.1. The number of carboxylic acids is 1. The molecule has 1 unspecified atom stereocenters. The number of aliphatic carboxylic acids is 1. The molecule has 3 heterocycles. The van der Waals surface area contributed by atoms with Crippen LogP contribution in [0.1, 0.15) is 65.2 Å². The van der Waals surface area contributed by atoms with Gasteiger partial charge in [0, 0.05) is 37.3 Å². The van der Waals surface area contributed by atoms with E-state index in [9.17, 15) is 19.5 Å². The molecule has 1 saturated carbocycles. The lowest BCUT2D eigenvalue weighted by molar-refractivity contribution is -0.153. The number of nitrogens with zero attached hydrogens (tertiary/aromatic N) is 2. The van der Waals surface area contributed by atoms with Crippen LogP contribution in [0.2, 0.25) is 0 Å². The van der Waals surface area contributed by atoms with Crippen LogP contribution in [-0.4, -0.2) is 65.0 Å². The van der Waals surface area contributed by atoms with Gasteiger partial charge in [-0.2, -0.15) is 0 Å². The minimum atomic E-state index is -0.889. The maximum Gasteiger partial charge on any atom is 0.307 e. The molecule has 2 N–H and O–H groups in total. The van der Waals surface area contributed by atoms with Crippen LogP contribution < -0.4 is 10.1 Å². The highest BCUT2D eigenvalue weighted by atomic mass is 16.5. The molecule has 4 atom stereocenters. The summed E-state index contributed by atoms with van der Waals surface area (Å²) in [6.45, 7) is 3.04. The lowest BCUT2D eigenvalue weighted by Crippen LogP contribution is -2.50. The molecule has 2 aromatic carbocycles. The number of hydrogen-bond acceptors (Lipinski definition) is 5. The number of rotatable bonds is 6. The third-order valence-electron chi connectivity index (χ3n) is 8.77. The third-order valence-corrected chi connectivity index (χ3v) is 8.77. The van der Waals surface area contributed by atoms with E-state index in [4.69, 9.17) is 4.74 Å². The number of benzene rings is 2. The van der Waals surface area contributed by atoms with Gasteiger partial charge in [-0.15, -0.1) is 0 Å². The molecule has 8 heteroatoms. The van der Waals surface area contributed by atoms with Crippen LogP contribution in [-0.2, 0) is 22.6 Å². The summed E-state index contributed by atoms with van der Waals surface area (Å²) in [6.07, 6.45) is 4.46. The summed E-state index contributed by atoms with van der Waals surface area (Å²) in [5.41, 5.74) is 3.79. The first kappa shape index (κ1) is 24.9. The fourth-order valence-corrected chi connectivity index (χ4v) is 6.81. The fraction of sp³-hybridized carbons (Fsp3) is 0.500. The van der Waals surface area contributed by atoms with E-state index in [2.05, 4.69) is 11.4 Å². The zero-order valence-electron chi connectivity index (χ0n) is 21.6. The molecule has 0 bridgehead atoms. The van der Waals surface area contributed by atoms with Crippen LogP contribution in [0.3, 0.4) is 0 Å². The molecular weight excluding hydrogens is 482 g/mol. The van der Waals surface area contributed by atoms with Crippen molar-refractivity contribution in [1.82, 2.24) is 15.1 Å². The third kappa shape index (κ3) is 4.55. The van der Waals surface area contributed by atoms with Gasteiger partial charge in [0.2, 0.25) is 5.91 Å². The Bertz CT molecular complexity index is 1240. The van der Waals surface area contributed by atoms with Crippen LogP contribution in [0, 0.1) is 11.8 Å². The van der Waals surface area contributed by atoms with E-state index in [-0.39, 0.29) is 17.9 Å². The average Bonchev–Trinajstić information content (AvgIpc) is 3.56. The Labute approximate surface area is 222 Å². The molecule has 2 aromatic rings. The molecule has 2 amide bonds. The van der Waals surface area contributed by atoms with E-state index in [0.717, 1.165) is 54.8 Å². The highest BCUT2D eigenvalue weighted by molar-refractivity contribution is 5.98. The van der Waals surface area contributed by atoms with Gasteiger partial charge in [-0.25, -0.2) is 0 Å². The van der Waals surface area contributed by atoms with E-state index >= 15 is 0 Å². The predicted octanol–water partition coefficient (Wildman–Crippen LogP) is 3.40. The molecule has 200 valence electrons. The average molecular weight is 518 g/mol. The normalized spacial score (nSPS) is 26.7. The van der Waals surface area contributed by atoms with Gasteiger partial charge >= 0.3 is 5.97 Å². The summed E-state index contributed by atoms with van der Waals surface area (Å²) in [5.74, 6) is -1.45. The van der Waals surface area contributed by atoms with Gasteiger partial charge in [0.25, 0.3) is 5.91 Å². The summed E-state index contributed by atoms with van der Waals surface area (Å²) < 4.78 is 6.49. The SMILES string of the molecule is O=C(O)[C@H]1CCCC[C@H]1C(=O)N1CCc2cccc(OC3CCNC3)c2[C@H]1CN1Cc2ccccc2C1=O. The number of carbonyl (C=O) groups excluding carboxylic acids is 2. The van der Waals surface area contributed by atoms with Crippen molar-refractivity contribution in [1.29, 1.82) is 0 Å². The fourth-order valence-electron chi connectivity index (χ4n) is 6.81. The van der Waals surface area contributed by atoms with E-state index in [0.29, 0.717) is 44.5 Å². The Hall–Kier alpha value is -3.39. The molecule has 0 radical (unpaired) electrons. The summed E-state index contributed by atoms with van der Waals surface area (Å²) in [4.78, 5) is 43.3. The maximum atomic E-state index is 14.1. The molecular formula is C30H35N3O5. The van der Waals surface area contributed by atoms with Crippen molar-refractivity contribution in [3.63, 3.8) is 0 Å². The molecule has 0 spiro atoms. The highest BCUT2D eigenvalue weighted by Crippen LogP contribution is 2.42. The van der Waals surface area contributed by atoms with Crippen LogP contribution in [0.15, 0.2) is 42.5 Å². The first-order valence-electron chi connectivity index (χ1n) is 13.9. The zero-order chi connectivity index (χ0) is 26.2. The number of carbonyl (C=O) groups is 3. The Morgan fingerprint density at radius 3 is 2.55 bits per heavy atom. The van der Waals surface area contributed by atoms with Gasteiger partial charge in [0.15, 0.2) is 0 Å². The Morgan fingerprint density at radius 1 is 1.00 bits per heavy atom. The first-order valence-corrected chi connectivity index (χ1v) is 13.9. The topological polar surface area (TPSA) is 99.2 Å². The lowest BCUT2D eigenvalue weighted by atomic mass is 9.77. The molecule has 4 aliphatic rings. The number of amides is 2. The zero-order valence-corrected chi connectivity index (χ0v) is 21.6. The number of ether oxygens (including phenoxy) is 1. The number of nitrogens with one attached hydrogen (secondary N) is 1. The number of carboxylic acid groups (broad SMARTS) is 1. The quantitative estimate of drug-likeness (QED) is 0.610. The van der Waals surface area contributed by atoms with E-state index < -0.39 is 23.8 Å². The van der Waals surface area contributed by atoms with Crippen molar-refractivity contribution in [2.75, 3.05) is 26.2 Å². The minimum absolute atomic E-state index is 0.0282. The summed E-state index contributed by atoms with van der Waals surface area (Å²) in [7, 11) is 0. The smallest absolute Gasteiger partial charge is 0.307 e. The summed E-state index contributed by atoms with van der Waals surface area (Å²) in [6, 6.07) is 13.3. The van der Waals surface area contributed by atoms with Gasteiger partial charge in [-0.05, 0) is 55.5 Å². The van der Waals surface area contributed by atoms with Crippen LogP contribution in [0.4, 0.5) is 0 Å². The Balaban J connectivity index is 1.36. The van der Waals surface area contributed by atoms with E-state index in [1.54, 1.807) is 0 Å². The Kier molecular flexibility index (Phi) is 6.82. The van der Waals surface area contributed by atoms with Gasteiger partial charge in [0.05, 0.1) is 17.9 Å². The van der Waals surface area contributed by atoms with Gasteiger partial charge in [-0.1, -0.05) is 43.2 Å². The van der Waals surface area contributed by atoms with Crippen molar-refractivity contribution in [3.05, 3.63) is 64.7 Å². The van der Waals surface area contributed by atoms with Crippen molar-refractivity contribution < 1.29 is 24.2 Å². The van der Waals surface area contributed by atoms with Gasteiger partial charge < -0.3 is 25.0 Å². The number of hydrogen-bond donors (Lipinski definition) is 2. The van der Waals surface area contributed by atoms with Gasteiger partial charge in [-0.3, -0.25) is 14.4 Å². The monoisotopic (exact) mass is 517 g/mol. The van der Waals surface area contributed by atoms with Gasteiger partial charge in [0.1, 0.15) is 11.9 Å². The second-order valence-corrected chi connectivity index (χ2v) is 11.0. The molecule has 3 aliphatic heterocycles. The second-order valence-electron chi connectivity index (χ2n) is 11.0. The molecule has 1 saturated heterocycles. The van der Waals surface area contributed by atoms with Crippen molar-refractivity contribution in [2.45, 2.75) is 57.2 Å². The summed E-state index contributed by atoms with van der Waals surface area (Å²) in [5, 5.41) is 13.2. The van der Waals surface area contributed by atoms with Crippen LogP contribution in [0.25, 0.3) is 0 Å². The highest BCUT2D eigenvalue weighted by Gasteiger charge is 2.43. The standard InChI is InChI=1S/C30H35N3O5/c34-28-22-8-2-1-6-20(22)17-32(28)18-25-27-19(7-5-11-26(27)38-21-12-14-31-16-21)13-15-33(25)29(35)23-9-3-4-10-24(23)30(36)37/h1-2,5-8,11,21,23-25,31H,3-4,9-10,12-18H2,(H,36,37)/t21?,23-,24+,25-/m1/s1. The first-order chi connectivity index (χ1) is 18.5. The second kappa shape index (κ2) is 10.4. The molecule has 1 aliphatic carbocycles.